The molecule has 0 aliphatic carbocycles. The monoisotopic (exact) mass is 426 g/mol. The summed E-state index contributed by atoms with van der Waals surface area (Å²) in [5, 5.41) is 1.41. The highest BCUT2D eigenvalue weighted by Gasteiger charge is 2.26. The zero-order valence-corrected chi connectivity index (χ0v) is 18.1. The number of hydrogen-bond donors (Lipinski definition) is 0. The maximum atomic E-state index is 12.9. The van der Waals surface area contributed by atoms with Gasteiger partial charge in [-0.25, -0.2) is 4.98 Å². The van der Waals surface area contributed by atoms with Gasteiger partial charge in [-0.15, -0.1) is 11.3 Å². The number of amides is 1. The summed E-state index contributed by atoms with van der Waals surface area (Å²) >= 11 is 7.65. The second-order valence-electron chi connectivity index (χ2n) is 7.39. The van der Waals surface area contributed by atoms with Gasteiger partial charge in [-0.3, -0.25) is 4.79 Å². The van der Waals surface area contributed by atoms with Crippen LogP contribution in [0.2, 0.25) is 5.02 Å². The van der Waals surface area contributed by atoms with Gasteiger partial charge in [-0.1, -0.05) is 41.9 Å². The minimum atomic E-state index is 0.0333. The molecular weight excluding hydrogens is 404 g/mol. The Hall–Kier alpha value is -2.37. The van der Waals surface area contributed by atoms with E-state index in [1.54, 1.807) is 6.20 Å². The average molecular weight is 427 g/mol. The molecule has 1 saturated heterocycles. The Kier molecular flexibility index (Phi) is 5.88. The topological polar surface area (TPSA) is 42.4 Å². The second-order valence-corrected chi connectivity index (χ2v) is 8.83. The predicted molar refractivity (Wildman–Crippen MR) is 118 cm³/mol. The van der Waals surface area contributed by atoms with Gasteiger partial charge in [-0.05, 0) is 37.1 Å². The minimum absolute atomic E-state index is 0.0333. The molecule has 29 heavy (non-hydrogen) atoms. The van der Waals surface area contributed by atoms with E-state index in [1.807, 2.05) is 29.2 Å². The number of carbonyl (C=O) groups is 1. The normalized spacial score (nSPS) is 14.8. The lowest BCUT2D eigenvalue weighted by Gasteiger charge is -2.32. The van der Waals surface area contributed by atoms with Gasteiger partial charge < -0.3 is 9.64 Å². The van der Waals surface area contributed by atoms with Gasteiger partial charge in [0.25, 0.3) is 5.91 Å². The molecule has 1 fully saturated rings. The van der Waals surface area contributed by atoms with E-state index < -0.39 is 0 Å². The molecule has 2 aromatic carbocycles. The third-order valence-electron chi connectivity index (χ3n) is 5.19. The van der Waals surface area contributed by atoms with Crippen molar-refractivity contribution in [3.63, 3.8) is 0 Å². The van der Waals surface area contributed by atoms with E-state index >= 15 is 0 Å². The number of aryl methyl sites for hydroxylation is 2. The molecule has 1 aliphatic heterocycles. The number of halogens is 1. The van der Waals surface area contributed by atoms with Crippen LogP contribution in [0.3, 0.4) is 0 Å². The molecule has 0 bridgehead atoms. The van der Waals surface area contributed by atoms with Crippen LogP contribution < -0.4 is 4.74 Å². The lowest BCUT2D eigenvalue weighted by molar-refractivity contribution is 0.0598. The number of aromatic nitrogens is 1. The van der Waals surface area contributed by atoms with E-state index in [-0.39, 0.29) is 12.0 Å². The number of ether oxygens (including phenoxy) is 1. The maximum Gasteiger partial charge on any atom is 0.265 e. The van der Waals surface area contributed by atoms with Crippen LogP contribution in [0, 0.1) is 13.8 Å². The van der Waals surface area contributed by atoms with E-state index in [0.29, 0.717) is 23.0 Å². The third kappa shape index (κ3) is 4.46. The van der Waals surface area contributed by atoms with Crippen molar-refractivity contribution in [3.8, 4) is 16.3 Å². The quantitative estimate of drug-likeness (QED) is 0.532. The molecule has 3 aromatic rings. The molecule has 1 aliphatic rings. The lowest BCUT2D eigenvalue weighted by atomic mass is 10.1. The molecule has 1 amide bonds. The number of nitrogens with zero attached hydrogens (tertiary/aromatic N) is 2. The van der Waals surface area contributed by atoms with Gasteiger partial charge in [-0.2, -0.15) is 0 Å². The Balaban J connectivity index is 1.38. The van der Waals surface area contributed by atoms with E-state index in [4.69, 9.17) is 16.3 Å². The highest BCUT2D eigenvalue weighted by molar-refractivity contribution is 7.17. The van der Waals surface area contributed by atoms with E-state index in [2.05, 4.69) is 37.0 Å². The van der Waals surface area contributed by atoms with Crippen LogP contribution in [-0.4, -0.2) is 35.0 Å². The minimum Gasteiger partial charge on any atom is -0.490 e. The van der Waals surface area contributed by atoms with Crippen molar-refractivity contribution >= 4 is 28.8 Å². The third-order valence-corrected chi connectivity index (χ3v) is 6.54. The highest BCUT2D eigenvalue weighted by Crippen LogP contribution is 2.32. The van der Waals surface area contributed by atoms with Crippen molar-refractivity contribution in [1.29, 1.82) is 0 Å². The first-order chi connectivity index (χ1) is 14.0. The van der Waals surface area contributed by atoms with Gasteiger partial charge >= 0.3 is 0 Å². The summed E-state index contributed by atoms with van der Waals surface area (Å²) in [7, 11) is 0. The fraction of sp³-hybridized carbons (Fsp3) is 0.304. The molecule has 4 rings (SSSR count). The standard InChI is InChI=1S/C23H23ClN2O2S/c1-15-7-8-16(2)20(13-15)28-17-9-11-26(12-10-17)23(27)21-14-25-22(29-21)18-5-3-4-6-19(18)24/h3-8,13-14,17H,9-12H2,1-2H3. The number of thiazole rings is 1. The Bertz CT molecular complexity index is 1030. The van der Waals surface area contributed by atoms with Gasteiger partial charge in [0.1, 0.15) is 21.7 Å². The summed E-state index contributed by atoms with van der Waals surface area (Å²) in [4.78, 5) is 19.9. The SMILES string of the molecule is Cc1ccc(C)c(OC2CCN(C(=O)c3cnc(-c4ccccc4Cl)s3)CC2)c1. The van der Waals surface area contributed by atoms with Crippen LogP contribution in [-0.2, 0) is 0 Å². The number of piperidine rings is 1. The largest absolute Gasteiger partial charge is 0.490 e. The summed E-state index contributed by atoms with van der Waals surface area (Å²) < 4.78 is 6.21. The summed E-state index contributed by atoms with van der Waals surface area (Å²) in [5.41, 5.74) is 3.20. The first kappa shape index (κ1) is 19.9. The predicted octanol–water partition coefficient (Wildman–Crippen LogP) is 5.76. The first-order valence-corrected chi connectivity index (χ1v) is 10.9. The average Bonchev–Trinajstić information content (AvgIpc) is 3.21. The maximum absolute atomic E-state index is 12.9. The number of likely N-dealkylation sites (tertiary alicyclic amines) is 1. The molecule has 0 saturated carbocycles. The van der Waals surface area contributed by atoms with Gasteiger partial charge in [0.05, 0.1) is 11.2 Å². The Labute approximate surface area is 180 Å². The smallest absolute Gasteiger partial charge is 0.265 e. The summed E-state index contributed by atoms with van der Waals surface area (Å²) in [6, 6.07) is 13.8. The Morgan fingerprint density at radius 2 is 1.93 bits per heavy atom. The first-order valence-electron chi connectivity index (χ1n) is 9.75. The van der Waals surface area contributed by atoms with Crippen LogP contribution in [0.25, 0.3) is 10.6 Å². The number of rotatable bonds is 4. The molecule has 0 N–H and O–H groups in total. The summed E-state index contributed by atoms with van der Waals surface area (Å²) in [5.74, 6) is 0.979. The van der Waals surface area contributed by atoms with Crippen LogP contribution in [0.5, 0.6) is 5.75 Å². The number of benzene rings is 2. The molecule has 2 heterocycles. The van der Waals surface area contributed by atoms with Crippen LogP contribution in [0.1, 0.15) is 33.6 Å². The van der Waals surface area contributed by atoms with Crippen molar-refractivity contribution in [2.45, 2.75) is 32.8 Å². The Morgan fingerprint density at radius 3 is 2.69 bits per heavy atom. The molecule has 0 unspecified atom stereocenters. The molecule has 0 atom stereocenters. The number of carbonyl (C=O) groups excluding carboxylic acids is 1. The molecule has 6 heteroatoms. The number of hydrogen-bond acceptors (Lipinski definition) is 4. The van der Waals surface area contributed by atoms with Crippen LogP contribution in [0.15, 0.2) is 48.7 Å². The molecular formula is C23H23ClN2O2S. The van der Waals surface area contributed by atoms with Crippen molar-refractivity contribution < 1.29 is 9.53 Å². The van der Waals surface area contributed by atoms with Gasteiger partial charge in [0.15, 0.2) is 0 Å². The van der Waals surface area contributed by atoms with E-state index in [0.717, 1.165) is 34.7 Å². The highest BCUT2D eigenvalue weighted by atomic mass is 35.5. The van der Waals surface area contributed by atoms with Crippen molar-refractivity contribution in [1.82, 2.24) is 9.88 Å². The van der Waals surface area contributed by atoms with E-state index in [1.165, 1.54) is 16.9 Å². The lowest BCUT2D eigenvalue weighted by Crippen LogP contribution is -2.41. The summed E-state index contributed by atoms with van der Waals surface area (Å²) in [6.07, 6.45) is 3.45. The van der Waals surface area contributed by atoms with E-state index in [9.17, 15) is 4.79 Å². The fourth-order valence-corrected chi connectivity index (χ4v) is 4.68. The van der Waals surface area contributed by atoms with Crippen LogP contribution in [0.4, 0.5) is 0 Å². The molecule has 150 valence electrons. The van der Waals surface area contributed by atoms with Gasteiger partial charge in [0, 0.05) is 31.5 Å². The zero-order chi connectivity index (χ0) is 20.4. The van der Waals surface area contributed by atoms with Crippen LogP contribution >= 0.6 is 22.9 Å². The molecule has 0 radical (unpaired) electrons. The van der Waals surface area contributed by atoms with Gasteiger partial charge in [0.2, 0.25) is 0 Å². The molecule has 1 aromatic heterocycles. The van der Waals surface area contributed by atoms with Crippen molar-refractivity contribution in [2.75, 3.05) is 13.1 Å². The summed E-state index contributed by atoms with van der Waals surface area (Å²) in [6.45, 7) is 5.51. The van der Waals surface area contributed by atoms with Crippen molar-refractivity contribution in [3.05, 3.63) is 69.7 Å². The molecule has 4 nitrogen and oxygen atoms in total. The zero-order valence-electron chi connectivity index (χ0n) is 16.5. The van der Waals surface area contributed by atoms with Crippen molar-refractivity contribution in [2.24, 2.45) is 0 Å². The molecule has 0 spiro atoms. The fourth-order valence-electron chi connectivity index (χ4n) is 3.48. The Morgan fingerprint density at radius 1 is 1.17 bits per heavy atom. The second kappa shape index (κ2) is 8.56.